The molecule has 0 radical (unpaired) electrons. The smallest absolute Gasteiger partial charge is 0.157 e. The zero-order valence-electron chi connectivity index (χ0n) is 9.23. The van der Waals surface area contributed by atoms with Gasteiger partial charge in [-0.3, -0.25) is 4.79 Å². The number of ketones is 1. The first kappa shape index (κ1) is 10.9. The van der Waals surface area contributed by atoms with Crippen molar-refractivity contribution in [3.05, 3.63) is 35.9 Å². The molecular formula is C14H15NO. The van der Waals surface area contributed by atoms with Crippen LogP contribution in [0.5, 0.6) is 0 Å². The lowest BCUT2D eigenvalue weighted by atomic mass is 9.87. The van der Waals surface area contributed by atoms with Crippen LogP contribution in [-0.4, -0.2) is 5.78 Å². The minimum Gasteiger partial charge on any atom is -0.298 e. The molecule has 0 bridgehead atoms. The van der Waals surface area contributed by atoms with Crippen molar-refractivity contribution in [2.75, 3.05) is 0 Å². The van der Waals surface area contributed by atoms with Crippen molar-refractivity contribution in [3.63, 3.8) is 0 Å². The van der Waals surface area contributed by atoms with E-state index in [1.54, 1.807) is 0 Å². The summed E-state index contributed by atoms with van der Waals surface area (Å²) in [5, 5.41) is 9.14. The molecule has 0 heterocycles. The minimum absolute atomic E-state index is 0.116. The summed E-state index contributed by atoms with van der Waals surface area (Å²) < 4.78 is 0. The number of nitrogens with zero attached hydrogens (tertiary/aromatic N) is 1. The van der Waals surface area contributed by atoms with Crippen LogP contribution in [-0.2, 0) is 4.79 Å². The summed E-state index contributed by atoms with van der Waals surface area (Å²) in [4.78, 5) is 12.2. The summed E-state index contributed by atoms with van der Waals surface area (Å²) in [6, 6.07) is 11.5. The van der Waals surface area contributed by atoms with Gasteiger partial charge in [0, 0.05) is 5.92 Å². The van der Waals surface area contributed by atoms with Gasteiger partial charge in [0.25, 0.3) is 0 Å². The van der Waals surface area contributed by atoms with Crippen molar-refractivity contribution >= 4 is 5.78 Å². The van der Waals surface area contributed by atoms with Crippen molar-refractivity contribution in [2.45, 2.75) is 31.6 Å². The van der Waals surface area contributed by atoms with Crippen LogP contribution in [0.3, 0.4) is 0 Å². The van der Waals surface area contributed by atoms with Crippen molar-refractivity contribution in [2.24, 2.45) is 5.92 Å². The van der Waals surface area contributed by atoms with E-state index in [-0.39, 0.29) is 11.7 Å². The van der Waals surface area contributed by atoms with Gasteiger partial charge >= 0.3 is 0 Å². The standard InChI is InChI=1S/C14H15NO/c15-10-13(11-6-2-1-3-7-11)14(16)12-8-4-5-9-12/h1-3,6-7,12-13H,4-5,8-9H2/t13-/m0/s1. The molecule has 2 heteroatoms. The Balaban J connectivity index is 2.17. The fraction of sp³-hybridized carbons (Fsp3) is 0.429. The predicted octanol–water partition coefficient (Wildman–Crippen LogP) is 3.05. The molecule has 16 heavy (non-hydrogen) atoms. The van der Waals surface area contributed by atoms with Gasteiger partial charge in [0.15, 0.2) is 5.78 Å². The number of rotatable bonds is 3. The lowest BCUT2D eigenvalue weighted by molar-refractivity contribution is -0.123. The highest BCUT2D eigenvalue weighted by molar-refractivity contribution is 5.90. The molecule has 0 saturated heterocycles. The molecule has 1 atom stereocenters. The van der Waals surface area contributed by atoms with Gasteiger partial charge in [0.05, 0.1) is 6.07 Å². The Kier molecular flexibility index (Phi) is 3.36. The maximum atomic E-state index is 12.2. The monoisotopic (exact) mass is 213 g/mol. The third-order valence-electron chi connectivity index (χ3n) is 3.30. The maximum Gasteiger partial charge on any atom is 0.157 e. The van der Waals surface area contributed by atoms with Gasteiger partial charge in [-0.05, 0) is 18.4 Å². The first-order valence-corrected chi connectivity index (χ1v) is 5.81. The molecule has 2 rings (SSSR count). The van der Waals surface area contributed by atoms with E-state index < -0.39 is 5.92 Å². The molecule has 1 aliphatic carbocycles. The van der Waals surface area contributed by atoms with E-state index in [9.17, 15) is 4.79 Å². The lowest BCUT2D eigenvalue weighted by Gasteiger charge is -2.13. The highest BCUT2D eigenvalue weighted by atomic mass is 16.1. The second kappa shape index (κ2) is 4.94. The van der Waals surface area contributed by atoms with Gasteiger partial charge in [0.2, 0.25) is 0 Å². The van der Waals surface area contributed by atoms with Gasteiger partial charge < -0.3 is 0 Å². The Morgan fingerprint density at radius 3 is 2.44 bits per heavy atom. The first-order valence-electron chi connectivity index (χ1n) is 5.81. The molecule has 0 amide bonds. The number of hydrogen-bond donors (Lipinski definition) is 0. The van der Waals surface area contributed by atoms with E-state index in [1.807, 2.05) is 30.3 Å². The third kappa shape index (κ3) is 2.14. The molecule has 0 spiro atoms. The number of Topliss-reactive ketones (excluding diaryl/α,β-unsaturated/α-hetero) is 1. The Morgan fingerprint density at radius 1 is 1.25 bits per heavy atom. The largest absolute Gasteiger partial charge is 0.298 e. The second-order valence-corrected chi connectivity index (χ2v) is 4.36. The van der Waals surface area contributed by atoms with E-state index in [4.69, 9.17) is 5.26 Å². The van der Waals surface area contributed by atoms with Crippen LogP contribution in [0.4, 0.5) is 0 Å². The Bertz CT molecular complexity index is 398. The van der Waals surface area contributed by atoms with E-state index >= 15 is 0 Å². The second-order valence-electron chi connectivity index (χ2n) is 4.36. The van der Waals surface area contributed by atoms with Gasteiger partial charge in [-0.2, -0.15) is 5.26 Å². The number of benzene rings is 1. The highest BCUT2D eigenvalue weighted by Gasteiger charge is 2.29. The van der Waals surface area contributed by atoms with Crippen LogP contribution in [0, 0.1) is 17.2 Å². The quantitative estimate of drug-likeness (QED) is 0.774. The number of hydrogen-bond acceptors (Lipinski definition) is 2. The van der Waals surface area contributed by atoms with Gasteiger partial charge in [0.1, 0.15) is 5.92 Å². The van der Waals surface area contributed by atoms with E-state index in [2.05, 4.69) is 6.07 Å². The van der Waals surface area contributed by atoms with Crippen LogP contribution in [0.15, 0.2) is 30.3 Å². The van der Waals surface area contributed by atoms with Gasteiger partial charge in [-0.15, -0.1) is 0 Å². The molecular weight excluding hydrogens is 198 g/mol. The molecule has 82 valence electrons. The summed E-state index contributed by atoms with van der Waals surface area (Å²) >= 11 is 0. The van der Waals surface area contributed by atoms with Gasteiger partial charge in [-0.25, -0.2) is 0 Å². The SMILES string of the molecule is N#C[C@H](C(=O)C1CCCC1)c1ccccc1. The summed E-state index contributed by atoms with van der Waals surface area (Å²) in [6.07, 6.45) is 4.18. The van der Waals surface area contributed by atoms with Crippen molar-refractivity contribution in [1.29, 1.82) is 5.26 Å². The predicted molar refractivity (Wildman–Crippen MR) is 61.8 cm³/mol. The van der Waals surface area contributed by atoms with Crippen molar-refractivity contribution in [3.8, 4) is 6.07 Å². The van der Waals surface area contributed by atoms with Crippen LogP contribution >= 0.6 is 0 Å². The van der Waals surface area contributed by atoms with E-state index in [1.165, 1.54) is 0 Å². The number of carbonyl (C=O) groups excluding carboxylic acids is 1. The van der Waals surface area contributed by atoms with Crippen LogP contribution in [0.2, 0.25) is 0 Å². The fourth-order valence-corrected chi connectivity index (χ4v) is 2.39. The average Bonchev–Trinajstić information content (AvgIpc) is 2.85. The molecule has 1 aliphatic rings. The fourth-order valence-electron chi connectivity index (χ4n) is 2.39. The summed E-state index contributed by atoms with van der Waals surface area (Å²) in [5.41, 5.74) is 0.835. The molecule has 0 aromatic heterocycles. The molecule has 0 aliphatic heterocycles. The summed E-state index contributed by atoms with van der Waals surface area (Å²) in [7, 11) is 0. The summed E-state index contributed by atoms with van der Waals surface area (Å²) in [5.74, 6) is -0.333. The van der Waals surface area contributed by atoms with Crippen LogP contribution in [0.1, 0.15) is 37.2 Å². The van der Waals surface area contributed by atoms with Gasteiger partial charge in [-0.1, -0.05) is 43.2 Å². The molecule has 0 N–H and O–H groups in total. The molecule has 1 aromatic rings. The highest BCUT2D eigenvalue weighted by Crippen LogP contribution is 2.30. The van der Waals surface area contributed by atoms with E-state index in [0.29, 0.717) is 0 Å². The Labute approximate surface area is 95.9 Å². The zero-order valence-corrected chi connectivity index (χ0v) is 9.23. The molecule has 1 saturated carbocycles. The lowest BCUT2D eigenvalue weighted by Crippen LogP contribution is -2.18. The minimum atomic E-state index is -0.565. The van der Waals surface area contributed by atoms with Crippen molar-refractivity contribution in [1.82, 2.24) is 0 Å². The molecule has 1 fully saturated rings. The van der Waals surface area contributed by atoms with Crippen LogP contribution < -0.4 is 0 Å². The topological polar surface area (TPSA) is 40.9 Å². The first-order chi connectivity index (χ1) is 7.83. The maximum absolute atomic E-state index is 12.2. The van der Waals surface area contributed by atoms with E-state index in [0.717, 1.165) is 31.2 Å². The summed E-state index contributed by atoms with van der Waals surface area (Å²) in [6.45, 7) is 0. The Hall–Kier alpha value is -1.62. The van der Waals surface area contributed by atoms with Crippen LogP contribution in [0.25, 0.3) is 0 Å². The van der Waals surface area contributed by atoms with Crippen molar-refractivity contribution < 1.29 is 4.79 Å². The normalized spacial score (nSPS) is 17.9. The molecule has 2 nitrogen and oxygen atoms in total. The molecule has 0 unspecified atom stereocenters. The third-order valence-corrected chi connectivity index (χ3v) is 3.30. The number of carbonyl (C=O) groups is 1. The molecule has 1 aromatic carbocycles. The zero-order chi connectivity index (χ0) is 11.4. The average molecular weight is 213 g/mol. The number of nitriles is 1. The Morgan fingerprint density at radius 2 is 1.88 bits per heavy atom.